The van der Waals surface area contributed by atoms with Crippen molar-refractivity contribution in [1.29, 1.82) is 0 Å². The number of aryl methyl sites for hydroxylation is 1. The number of nitro benzene ring substituents is 1. The van der Waals surface area contributed by atoms with Crippen LogP contribution in [0, 0.1) is 17.0 Å². The minimum absolute atomic E-state index is 0. The fourth-order valence-electron chi connectivity index (χ4n) is 3.44. The van der Waals surface area contributed by atoms with Crippen LogP contribution in [0.4, 0.5) is 34.1 Å². The van der Waals surface area contributed by atoms with E-state index in [1.807, 2.05) is 6.07 Å². The average Bonchev–Trinajstić information content (AvgIpc) is 2.83. The van der Waals surface area contributed by atoms with E-state index in [1.54, 1.807) is 31.2 Å². The van der Waals surface area contributed by atoms with E-state index in [0.717, 1.165) is 6.07 Å². The van der Waals surface area contributed by atoms with Crippen LogP contribution >= 0.6 is 0 Å². The predicted molar refractivity (Wildman–Crippen MR) is 131 cm³/mol. The standard InChI is InChI=1S/C23H18N6O6S.Na/c1-13-11-14-12-18(36(33,34)35)22(28-26-16-7-9-17(10-8-16)29(31)32)20(24)19(14)23(30)21(13)27-25-15-5-3-2-4-6-15;/h2-12,30H,24H2,1H3,(H,33,34,35);/q;+1/p-1. The number of hydrogen-bond donors (Lipinski definition) is 2. The molecule has 0 radical (unpaired) electrons. The van der Waals surface area contributed by atoms with Gasteiger partial charge in [0.05, 0.1) is 32.3 Å². The normalized spacial score (nSPS) is 11.7. The molecule has 0 unspecified atom stereocenters. The molecule has 0 aromatic heterocycles. The van der Waals surface area contributed by atoms with Gasteiger partial charge in [-0.2, -0.15) is 10.2 Å². The van der Waals surface area contributed by atoms with Gasteiger partial charge in [-0.25, -0.2) is 8.42 Å². The number of non-ortho nitro benzene ring substituents is 1. The monoisotopic (exact) mass is 528 g/mol. The molecule has 0 bridgehead atoms. The molecule has 0 spiro atoms. The molecular weight excluding hydrogens is 511 g/mol. The number of aromatic hydroxyl groups is 1. The summed E-state index contributed by atoms with van der Waals surface area (Å²) in [6.45, 7) is 1.63. The van der Waals surface area contributed by atoms with E-state index in [9.17, 15) is 28.2 Å². The van der Waals surface area contributed by atoms with Crippen molar-refractivity contribution < 1.29 is 52.6 Å². The third kappa shape index (κ3) is 5.98. The third-order valence-corrected chi connectivity index (χ3v) is 6.01. The summed E-state index contributed by atoms with van der Waals surface area (Å²) in [5.74, 6) is -0.385. The Balaban J connectivity index is 0.00000380. The molecule has 0 aliphatic rings. The van der Waals surface area contributed by atoms with E-state index in [0.29, 0.717) is 11.3 Å². The van der Waals surface area contributed by atoms with E-state index in [1.165, 1.54) is 30.3 Å². The molecule has 4 aromatic carbocycles. The molecular formula is C23H17N6NaO6S. The van der Waals surface area contributed by atoms with E-state index in [4.69, 9.17) is 5.73 Å². The zero-order chi connectivity index (χ0) is 26.0. The Kier molecular flexibility index (Phi) is 8.35. The first-order chi connectivity index (χ1) is 17.1. The Morgan fingerprint density at radius 3 is 2.03 bits per heavy atom. The number of nitrogen functional groups attached to an aromatic ring is 1. The number of anilines is 1. The number of phenolic OH excluding ortho intramolecular Hbond substituents is 1. The molecule has 4 rings (SSSR count). The first-order valence-electron chi connectivity index (χ1n) is 10.2. The molecule has 12 nitrogen and oxygen atoms in total. The van der Waals surface area contributed by atoms with Crippen LogP contribution in [-0.2, 0) is 10.1 Å². The van der Waals surface area contributed by atoms with Crippen LogP contribution in [0.2, 0.25) is 0 Å². The maximum absolute atomic E-state index is 12.0. The fourth-order valence-corrected chi connectivity index (χ4v) is 4.10. The molecule has 4 aromatic rings. The fraction of sp³-hybridized carbons (Fsp3) is 0.0435. The van der Waals surface area contributed by atoms with Gasteiger partial charge in [-0.1, -0.05) is 18.2 Å². The second kappa shape index (κ2) is 11.1. The minimum Gasteiger partial charge on any atom is -0.744 e. The molecule has 182 valence electrons. The first-order valence-corrected chi connectivity index (χ1v) is 11.6. The summed E-state index contributed by atoms with van der Waals surface area (Å²) in [6, 6.07) is 16.3. The molecule has 37 heavy (non-hydrogen) atoms. The average molecular weight is 528 g/mol. The van der Waals surface area contributed by atoms with Gasteiger partial charge in [0.2, 0.25) is 0 Å². The predicted octanol–water partition coefficient (Wildman–Crippen LogP) is 3.08. The summed E-state index contributed by atoms with van der Waals surface area (Å²) in [4.78, 5) is 9.49. The zero-order valence-corrected chi connectivity index (χ0v) is 22.4. The Morgan fingerprint density at radius 1 is 0.892 bits per heavy atom. The van der Waals surface area contributed by atoms with Gasteiger partial charge in [-0.15, -0.1) is 10.2 Å². The molecule has 0 fully saturated rings. The minimum atomic E-state index is -5.05. The number of nitro groups is 1. The Labute approximate surface area is 232 Å². The molecule has 0 amide bonds. The molecule has 0 heterocycles. The van der Waals surface area contributed by atoms with Crippen LogP contribution in [-0.4, -0.2) is 23.0 Å². The summed E-state index contributed by atoms with van der Waals surface area (Å²) < 4.78 is 36.0. The second-order valence-electron chi connectivity index (χ2n) is 7.59. The number of benzene rings is 4. The Morgan fingerprint density at radius 2 is 1.46 bits per heavy atom. The summed E-state index contributed by atoms with van der Waals surface area (Å²) >= 11 is 0. The molecule has 0 atom stereocenters. The smallest absolute Gasteiger partial charge is 0.744 e. The van der Waals surface area contributed by atoms with Crippen LogP contribution in [0.3, 0.4) is 0 Å². The first kappa shape index (κ1) is 27.8. The summed E-state index contributed by atoms with van der Waals surface area (Å²) in [7, 11) is -5.05. The molecule has 0 saturated heterocycles. The third-order valence-electron chi connectivity index (χ3n) is 5.16. The van der Waals surface area contributed by atoms with E-state index in [-0.39, 0.29) is 68.8 Å². The number of hydrogen-bond acceptors (Lipinski definition) is 11. The maximum Gasteiger partial charge on any atom is 1.00 e. The largest absolute Gasteiger partial charge is 1.00 e. The number of fused-ring (bicyclic) bond motifs is 1. The summed E-state index contributed by atoms with van der Waals surface area (Å²) in [5.41, 5.74) is 6.43. The van der Waals surface area contributed by atoms with Crippen molar-refractivity contribution in [3.05, 3.63) is 82.4 Å². The zero-order valence-electron chi connectivity index (χ0n) is 19.6. The van der Waals surface area contributed by atoms with Gasteiger partial charge >= 0.3 is 29.6 Å². The van der Waals surface area contributed by atoms with Crippen molar-refractivity contribution in [2.45, 2.75) is 11.8 Å². The van der Waals surface area contributed by atoms with Crippen LogP contribution in [0.5, 0.6) is 5.75 Å². The van der Waals surface area contributed by atoms with E-state index < -0.39 is 25.6 Å². The number of rotatable bonds is 6. The van der Waals surface area contributed by atoms with E-state index >= 15 is 0 Å². The topological polar surface area (TPSA) is 196 Å². The van der Waals surface area contributed by atoms with Gasteiger partial charge in [-0.3, -0.25) is 10.1 Å². The van der Waals surface area contributed by atoms with Crippen LogP contribution in [0.1, 0.15) is 5.56 Å². The summed E-state index contributed by atoms with van der Waals surface area (Å²) in [6.07, 6.45) is 0. The quantitative estimate of drug-likeness (QED) is 0.0957. The van der Waals surface area contributed by atoms with Gasteiger partial charge in [0.25, 0.3) is 5.69 Å². The van der Waals surface area contributed by atoms with Crippen LogP contribution in [0.15, 0.2) is 92.1 Å². The summed E-state index contributed by atoms with van der Waals surface area (Å²) in [5, 5.41) is 37.9. The molecule has 0 aliphatic carbocycles. The molecule has 0 aliphatic heterocycles. The van der Waals surface area contributed by atoms with Crippen molar-refractivity contribution in [1.82, 2.24) is 0 Å². The molecule has 3 N–H and O–H groups in total. The SMILES string of the molecule is Cc1cc2cc(S(=O)(=O)[O-])c(N=Nc3ccc([N+](=O)[O-])cc3)c(N)c2c(O)c1N=Nc1ccccc1.[Na+]. The van der Waals surface area contributed by atoms with Gasteiger partial charge in [0, 0.05) is 12.1 Å². The van der Waals surface area contributed by atoms with Crippen molar-refractivity contribution in [2.75, 3.05) is 5.73 Å². The number of phenols is 1. The van der Waals surface area contributed by atoms with Gasteiger partial charge in [-0.05, 0) is 54.3 Å². The Hall–Kier alpha value is -3.75. The number of nitrogens with two attached hydrogens (primary N) is 1. The van der Waals surface area contributed by atoms with Gasteiger partial charge in [0.1, 0.15) is 21.5 Å². The van der Waals surface area contributed by atoms with Gasteiger partial charge in [0.15, 0.2) is 5.75 Å². The van der Waals surface area contributed by atoms with Crippen molar-refractivity contribution >= 4 is 55.0 Å². The maximum atomic E-state index is 12.0. The van der Waals surface area contributed by atoms with Gasteiger partial charge < -0.3 is 15.4 Å². The number of nitrogens with zero attached hydrogens (tertiary/aromatic N) is 5. The molecule has 14 heteroatoms. The molecule has 0 saturated carbocycles. The van der Waals surface area contributed by atoms with Crippen LogP contribution in [0.25, 0.3) is 10.8 Å². The van der Waals surface area contributed by atoms with Crippen molar-refractivity contribution in [3.8, 4) is 5.75 Å². The van der Waals surface area contributed by atoms with E-state index in [2.05, 4.69) is 20.5 Å². The second-order valence-corrected chi connectivity index (χ2v) is 8.94. The van der Waals surface area contributed by atoms with Crippen molar-refractivity contribution in [3.63, 3.8) is 0 Å². The van der Waals surface area contributed by atoms with Crippen LogP contribution < -0.4 is 35.3 Å². The Bertz CT molecular complexity index is 1660. The van der Waals surface area contributed by atoms with Crippen molar-refractivity contribution in [2.24, 2.45) is 20.5 Å². The number of azo groups is 2.